The number of aryl methyl sites for hydroxylation is 2. The Hall–Kier alpha value is -2.04. The van der Waals surface area contributed by atoms with E-state index < -0.39 is 0 Å². The van der Waals surface area contributed by atoms with Gasteiger partial charge < -0.3 is 9.47 Å². The van der Waals surface area contributed by atoms with Gasteiger partial charge in [0.05, 0.1) is 18.8 Å². The number of hydrogen-bond acceptors (Lipinski definition) is 2. The van der Waals surface area contributed by atoms with Crippen LogP contribution in [-0.4, -0.2) is 37.7 Å². The smallest absolute Gasteiger partial charge is 0.270 e. The maximum absolute atomic E-state index is 12.8. The van der Waals surface area contributed by atoms with Crippen molar-refractivity contribution >= 4 is 5.91 Å². The van der Waals surface area contributed by atoms with Gasteiger partial charge in [-0.25, -0.2) is 0 Å². The summed E-state index contributed by atoms with van der Waals surface area (Å²) >= 11 is 0. The number of likely N-dealkylation sites (tertiary alicyclic amines) is 1. The highest BCUT2D eigenvalue weighted by molar-refractivity contribution is 5.93. The van der Waals surface area contributed by atoms with E-state index in [0.29, 0.717) is 0 Å². The molecule has 2 aromatic heterocycles. The molecule has 112 valence electrons. The van der Waals surface area contributed by atoms with Crippen LogP contribution in [-0.2, 0) is 13.6 Å². The Morgan fingerprint density at radius 2 is 2.29 bits per heavy atom. The summed E-state index contributed by atoms with van der Waals surface area (Å²) in [4.78, 5) is 14.8. The van der Waals surface area contributed by atoms with Crippen molar-refractivity contribution in [3.63, 3.8) is 0 Å². The van der Waals surface area contributed by atoms with Gasteiger partial charge in [0.25, 0.3) is 5.91 Å². The minimum absolute atomic E-state index is 0.135. The lowest BCUT2D eigenvalue weighted by Gasteiger charge is -2.35. The van der Waals surface area contributed by atoms with E-state index in [2.05, 4.69) is 5.10 Å². The summed E-state index contributed by atoms with van der Waals surface area (Å²) in [6.07, 6.45) is 9.15. The molecule has 1 aliphatic heterocycles. The third-order valence-electron chi connectivity index (χ3n) is 4.21. The van der Waals surface area contributed by atoms with Crippen molar-refractivity contribution in [1.82, 2.24) is 19.2 Å². The minimum Gasteiger partial charge on any atom is -0.347 e. The zero-order valence-corrected chi connectivity index (χ0v) is 12.7. The summed E-state index contributed by atoms with van der Waals surface area (Å²) < 4.78 is 3.85. The molecular weight excluding hydrogens is 264 g/mol. The molecule has 0 N–H and O–H groups in total. The monoisotopic (exact) mass is 286 g/mol. The van der Waals surface area contributed by atoms with E-state index in [1.807, 2.05) is 58.8 Å². The fourth-order valence-corrected chi connectivity index (χ4v) is 3.07. The lowest BCUT2D eigenvalue weighted by Crippen LogP contribution is -2.46. The Balaban J connectivity index is 1.78. The summed E-state index contributed by atoms with van der Waals surface area (Å²) in [6, 6.07) is 4.05. The molecule has 0 radical (unpaired) electrons. The largest absolute Gasteiger partial charge is 0.347 e. The molecule has 1 amide bonds. The molecule has 3 heterocycles. The molecule has 1 aliphatic rings. The predicted octanol–water partition coefficient (Wildman–Crippen LogP) is 2.22. The highest BCUT2D eigenvalue weighted by atomic mass is 16.2. The van der Waals surface area contributed by atoms with Gasteiger partial charge in [-0.15, -0.1) is 0 Å². The molecular formula is C16H22N4O. The number of piperidine rings is 1. The van der Waals surface area contributed by atoms with E-state index in [1.165, 1.54) is 6.42 Å². The lowest BCUT2D eigenvalue weighted by atomic mass is 10.0. The first kappa shape index (κ1) is 13.9. The van der Waals surface area contributed by atoms with E-state index in [9.17, 15) is 4.79 Å². The van der Waals surface area contributed by atoms with Gasteiger partial charge in [-0.05, 0) is 43.9 Å². The van der Waals surface area contributed by atoms with Crippen LogP contribution in [0.2, 0.25) is 0 Å². The molecule has 0 aromatic carbocycles. The van der Waals surface area contributed by atoms with E-state index in [4.69, 9.17) is 0 Å². The standard InChI is InChI=1S/C16H22N4O/c1-13-10-17-19(11-13)12-14-6-3-4-9-20(14)16(21)15-7-5-8-18(15)2/h5,7-8,10-11,14H,3-4,6,9,12H2,1-2H3/t14-/m1/s1. The van der Waals surface area contributed by atoms with Crippen LogP contribution in [0.3, 0.4) is 0 Å². The highest BCUT2D eigenvalue weighted by Gasteiger charge is 2.28. The van der Waals surface area contributed by atoms with Crippen molar-refractivity contribution in [3.8, 4) is 0 Å². The first-order chi connectivity index (χ1) is 10.1. The molecule has 2 aromatic rings. The van der Waals surface area contributed by atoms with Crippen LogP contribution in [0, 0.1) is 6.92 Å². The normalized spacial score (nSPS) is 19.0. The average Bonchev–Trinajstić information content (AvgIpc) is 3.07. The molecule has 3 rings (SSSR count). The Bertz CT molecular complexity index is 628. The number of carbonyl (C=O) groups is 1. The maximum Gasteiger partial charge on any atom is 0.270 e. The topological polar surface area (TPSA) is 43.1 Å². The maximum atomic E-state index is 12.8. The van der Waals surface area contributed by atoms with Crippen molar-refractivity contribution in [2.24, 2.45) is 7.05 Å². The quantitative estimate of drug-likeness (QED) is 0.868. The van der Waals surface area contributed by atoms with Gasteiger partial charge in [0.15, 0.2) is 0 Å². The summed E-state index contributed by atoms with van der Waals surface area (Å²) in [7, 11) is 1.92. The molecule has 1 fully saturated rings. The van der Waals surface area contributed by atoms with E-state index >= 15 is 0 Å². The predicted molar refractivity (Wildman–Crippen MR) is 81.1 cm³/mol. The molecule has 5 heteroatoms. The molecule has 21 heavy (non-hydrogen) atoms. The number of amides is 1. The van der Waals surface area contributed by atoms with Gasteiger partial charge >= 0.3 is 0 Å². The second-order valence-electron chi connectivity index (χ2n) is 5.89. The molecule has 1 saturated heterocycles. The van der Waals surface area contributed by atoms with E-state index in [0.717, 1.165) is 37.2 Å². The molecule has 0 aliphatic carbocycles. The van der Waals surface area contributed by atoms with Gasteiger partial charge in [0.2, 0.25) is 0 Å². The first-order valence-electron chi connectivity index (χ1n) is 7.56. The van der Waals surface area contributed by atoms with Gasteiger partial charge in [-0.1, -0.05) is 0 Å². The number of rotatable bonds is 3. The van der Waals surface area contributed by atoms with Crippen molar-refractivity contribution in [3.05, 3.63) is 42.0 Å². The lowest BCUT2D eigenvalue weighted by molar-refractivity contribution is 0.0574. The molecule has 0 saturated carbocycles. The van der Waals surface area contributed by atoms with Crippen LogP contribution in [0.25, 0.3) is 0 Å². The average molecular weight is 286 g/mol. The SMILES string of the molecule is Cc1cnn(C[C@H]2CCCCN2C(=O)c2cccn2C)c1. The number of aromatic nitrogens is 3. The van der Waals surface area contributed by atoms with Crippen molar-refractivity contribution in [2.75, 3.05) is 6.54 Å². The summed E-state index contributed by atoms with van der Waals surface area (Å²) in [5, 5.41) is 4.36. The molecule has 0 bridgehead atoms. The van der Waals surface area contributed by atoms with Crippen molar-refractivity contribution in [2.45, 2.75) is 38.8 Å². The molecule has 5 nitrogen and oxygen atoms in total. The summed E-state index contributed by atoms with van der Waals surface area (Å²) in [5.74, 6) is 0.135. The van der Waals surface area contributed by atoms with E-state index in [1.54, 1.807) is 0 Å². The fourth-order valence-electron chi connectivity index (χ4n) is 3.07. The van der Waals surface area contributed by atoms with Crippen LogP contribution in [0.15, 0.2) is 30.7 Å². The van der Waals surface area contributed by atoms with E-state index in [-0.39, 0.29) is 11.9 Å². The van der Waals surface area contributed by atoms with Gasteiger partial charge in [0.1, 0.15) is 5.69 Å². The Morgan fingerprint density at radius 1 is 1.43 bits per heavy atom. The van der Waals surface area contributed by atoms with Gasteiger partial charge in [0, 0.05) is 26.0 Å². The third-order valence-corrected chi connectivity index (χ3v) is 4.21. The van der Waals surface area contributed by atoms with Crippen LogP contribution < -0.4 is 0 Å². The number of nitrogens with zero attached hydrogens (tertiary/aromatic N) is 4. The summed E-state index contributed by atoms with van der Waals surface area (Å²) in [6.45, 7) is 3.66. The zero-order valence-electron chi connectivity index (χ0n) is 12.7. The van der Waals surface area contributed by atoms with Crippen molar-refractivity contribution < 1.29 is 4.79 Å². The second kappa shape index (κ2) is 5.76. The molecule has 0 spiro atoms. The summed E-state index contributed by atoms with van der Waals surface area (Å²) in [5.41, 5.74) is 1.92. The van der Waals surface area contributed by atoms with Crippen molar-refractivity contribution in [1.29, 1.82) is 0 Å². The second-order valence-corrected chi connectivity index (χ2v) is 5.89. The Morgan fingerprint density at radius 3 is 2.95 bits per heavy atom. The number of hydrogen-bond donors (Lipinski definition) is 0. The van der Waals surface area contributed by atoms with Crippen LogP contribution in [0.5, 0.6) is 0 Å². The van der Waals surface area contributed by atoms with Crippen LogP contribution >= 0.6 is 0 Å². The highest BCUT2D eigenvalue weighted by Crippen LogP contribution is 2.21. The van der Waals surface area contributed by atoms with Gasteiger partial charge in [-0.3, -0.25) is 9.48 Å². The minimum atomic E-state index is 0.135. The van der Waals surface area contributed by atoms with Gasteiger partial charge in [-0.2, -0.15) is 5.10 Å². The fraction of sp³-hybridized carbons (Fsp3) is 0.500. The Labute approximate surface area is 125 Å². The first-order valence-corrected chi connectivity index (χ1v) is 7.56. The molecule has 1 atom stereocenters. The molecule has 0 unspecified atom stereocenters. The van der Waals surface area contributed by atoms with Crippen LogP contribution in [0.1, 0.15) is 35.3 Å². The Kier molecular flexibility index (Phi) is 3.82. The van der Waals surface area contributed by atoms with Crippen LogP contribution in [0.4, 0.5) is 0 Å². The zero-order chi connectivity index (χ0) is 14.8. The number of carbonyl (C=O) groups excluding carboxylic acids is 1. The third kappa shape index (κ3) is 2.86.